The number of ether oxygens (including phenoxy) is 1. The van der Waals surface area contributed by atoms with Gasteiger partial charge in [0.05, 0.1) is 29.7 Å². The fraction of sp³-hybridized carbons (Fsp3) is 0.250. The van der Waals surface area contributed by atoms with Gasteiger partial charge in [0, 0.05) is 5.69 Å². The highest BCUT2D eigenvalue weighted by Gasteiger charge is 2.32. The fourth-order valence-electron chi connectivity index (χ4n) is 2.32. The molecule has 0 aliphatic rings. The van der Waals surface area contributed by atoms with Gasteiger partial charge in [-0.3, -0.25) is 4.79 Å². The average molecular weight is 403 g/mol. The third-order valence-electron chi connectivity index (χ3n) is 3.87. The molecular weight excluding hydrogens is 387 g/mol. The number of rotatable bonds is 6. The third-order valence-corrected chi connectivity index (χ3v) is 3.87. The van der Waals surface area contributed by atoms with E-state index in [1.807, 2.05) is 6.07 Å². The molecule has 2 N–H and O–H groups in total. The van der Waals surface area contributed by atoms with Crippen LogP contribution in [0, 0.1) is 22.7 Å². The number of carbonyl (C=O) groups is 1. The monoisotopic (exact) mass is 403 g/mol. The van der Waals surface area contributed by atoms with Crippen molar-refractivity contribution in [2.75, 3.05) is 11.9 Å². The smallest absolute Gasteiger partial charge is 0.393 e. The van der Waals surface area contributed by atoms with Crippen molar-refractivity contribution in [2.45, 2.75) is 25.1 Å². The van der Waals surface area contributed by atoms with Crippen molar-refractivity contribution in [1.29, 1.82) is 10.5 Å². The number of anilines is 1. The van der Waals surface area contributed by atoms with Crippen LogP contribution in [0.25, 0.3) is 0 Å². The van der Waals surface area contributed by atoms with Crippen LogP contribution in [-0.2, 0) is 11.2 Å². The molecule has 9 heteroatoms. The maximum absolute atomic E-state index is 12.7. The normalized spacial score (nSPS) is 12.9. The summed E-state index contributed by atoms with van der Waals surface area (Å²) in [4.78, 5) is 12.3. The number of nitrogens with zero attached hydrogens (tertiary/aromatic N) is 2. The highest BCUT2D eigenvalue weighted by atomic mass is 19.4. The third kappa shape index (κ3) is 6.23. The molecule has 0 saturated heterocycles. The summed E-state index contributed by atoms with van der Waals surface area (Å²) >= 11 is 0. The zero-order valence-corrected chi connectivity index (χ0v) is 15.2. The van der Waals surface area contributed by atoms with Crippen molar-refractivity contribution in [1.82, 2.24) is 0 Å². The van der Waals surface area contributed by atoms with E-state index in [2.05, 4.69) is 5.32 Å². The van der Waals surface area contributed by atoms with E-state index in [9.17, 15) is 23.1 Å². The maximum atomic E-state index is 12.7. The Kier molecular flexibility index (Phi) is 6.47. The van der Waals surface area contributed by atoms with Crippen LogP contribution in [0.4, 0.5) is 18.9 Å². The van der Waals surface area contributed by atoms with Crippen LogP contribution in [0.1, 0.15) is 23.6 Å². The zero-order valence-electron chi connectivity index (χ0n) is 15.2. The Bertz CT molecular complexity index is 972. The van der Waals surface area contributed by atoms with Gasteiger partial charge in [-0.25, -0.2) is 0 Å². The lowest BCUT2D eigenvalue weighted by Gasteiger charge is -2.23. The number of nitriles is 2. The van der Waals surface area contributed by atoms with Crippen LogP contribution < -0.4 is 10.1 Å². The first kappa shape index (κ1) is 21.7. The van der Waals surface area contributed by atoms with E-state index in [0.29, 0.717) is 11.3 Å². The highest BCUT2D eigenvalue weighted by molar-refractivity contribution is 5.97. The molecule has 6 nitrogen and oxygen atoms in total. The molecule has 0 aliphatic heterocycles. The number of alkyl halides is 3. The molecule has 0 unspecified atom stereocenters. The van der Waals surface area contributed by atoms with Crippen molar-refractivity contribution in [3.63, 3.8) is 0 Å². The van der Waals surface area contributed by atoms with E-state index in [0.717, 1.165) is 6.07 Å². The summed E-state index contributed by atoms with van der Waals surface area (Å²) in [6, 6.07) is 13.1. The minimum Gasteiger partial charge on any atom is -0.490 e. The van der Waals surface area contributed by atoms with Crippen molar-refractivity contribution < 1.29 is 27.8 Å². The Labute approximate surface area is 164 Å². The molecule has 0 saturated carbocycles. The molecule has 0 fully saturated rings. The topological polar surface area (TPSA) is 106 Å². The number of hydrogen-bond acceptors (Lipinski definition) is 5. The minimum absolute atomic E-state index is 0.00639. The molecule has 2 rings (SSSR count). The van der Waals surface area contributed by atoms with Gasteiger partial charge in [-0.1, -0.05) is 0 Å². The Hall–Kier alpha value is -3.56. The maximum Gasteiger partial charge on any atom is 0.393 e. The first-order valence-corrected chi connectivity index (χ1v) is 8.30. The Balaban J connectivity index is 2.08. The lowest BCUT2D eigenvalue weighted by molar-refractivity contribution is -0.135. The number of carbonyl (C=O) groups excluding carboxylic acids is 1. The van der Waals surface area contributed by atoms with Gasteiger partial charge in [0.2, 0.25) is 0 Å². The number of amides is 1. The number of nitrogens with one attached hydrogen (secondary N) is 1. The van der Waals surface area contributed by atoms with E-state index >= 15 is 0 Å². The molecule has 0 radical (unpaired) electrons. The van der Waals surface area contributed by atoms with Crippen LogP contribution in [-0.4, -0.2) is 29.4 Å². The summed E-state index contributed by atoms with van der Waals surface area (Å²) < 4.78 is 43.4. The first-order valence-electron chi connectivity index (χ1n) is 8.30. The van der Waals surface area contributed by atoms with E-state index in [4.69, 9.17) is 15.3 Å². The SMILES string of the molecule is C[C@](O)(COc1ccc(C#N)cc1)C(=O)Nc1ccc(C#N)c(CC(F)(F)F)c1. The molecule has 1 atom stereocenters. The van der Waals surface area contributed by atoms with Gasteiger partial charge >= 0.3 is 6.18 Å². The van der Waals surface area contributed by atoms with Crippen molar-refractivity contribution in [3.8, 4) is 17.9 Å². The van der Waals surface area contributed by atoms with Crippen LogP contribution in [0.2, 0.25) is 0 Å². The van der Waals surface area contributed by atoms with Crippen LogP contribution in [0.5, 0.6) is 5.75 Å². The zero-order chi connectivity index (χ0) is 21.7. The van der Waals surface area contributed by atoms with Crippen molar-refractivity contribution in [2.24, 2.45) is 0 Å². The summed E-state index contributed by atoms with van der Waals surface area (Å²) in [5.41, 5.74) is -2.02. The number of hydrogen-bond donors (Lipinski definition) is 2. The molecule has 2 aromatic rings. The van der Waals surface area contributed by atoms with Gasteiger partial charge in [-0.05, 0) is 55.0 Å². The summed E-state index contributed by atoms with van der Waals surface area (Å²) in [6.07, 6.45) is -5.84. The standard InChI is InChI=1S/C20H16F3N3O3/c1-19(28,12-29-17-6-2-13(10-24)3-7-17)18(27)26-16-5-4-14(11-25)15(8-16)9-20(21,22)23/h2-8,28H,9,12H2,1H3,(H,26,27)/t19-/m0/s1. The second-order valence-corrected chi connectivity index (χ2v) is 6.43. The second kappa shape index (κ2) is 8.63. The summed E-state index contributed by atoms with van der Waals surface area (Å²) in [7, 11) is 0. The molecule has 2 aromatic carbocycles. The molecule has 0 aliphatic carbocycles. The molecule has 29 heavy (non-hydrogen) atoms. The number of halogens is 3. The van der Waals surface area contributed by atoms with E-state index < -0.39 is 30.7 Å². The number of benzene rings is 2. The van der Waals surface area contributed by atoms with E-state index in [1.165, 1.54) is 43.3 Å². The van der Waals surface area contributed by atoms with Crippen molar-refractivity contribution >= 4 is 11.6 Å². The molecule has 0 aromatic heterocycles. The first-order chi connectivity index (χ1) is 13.5. The lowest BCUT2D eigenvalue weighted by Crippen LogP contribution is -2.45. The highest BCUT2D eigenvalue weighted by Crippen LogP contribution is 2.26. The largest absolute Gasteiger partial charge is 0.490 e. The summed E-state index contributed by atoms with van der Waals surface area (Å²) in [5.74, 6) is -0.572. The van der Waals surface area contributed by atoms with Gasteiger partial charge in [0.25, 0.3) is 5.91 Å². The predicted octanol–water partition coefficient (Wildman–Crippen LogP) is 3.30. The Morgan fingerprint density at radius 2 is 1.79 bits per heavy atom. The Morgan fingerprint density at radius 1 is 1.14 bits per heavy atom. The lowest BCUT2D eigenvalue weighted by atomic mass is 10.0. The molecule has 0 heterocycles. The quantitative estimate of drug-likeness (QED) is 0.770. The second-order valence-electron chi connectivity index (χ2n) is 6.43. The van der Waals surface area contributed by atoms with Crippen LogP contribution in [0.3, 0.4) is 0 Å². The van der Waals surface area contributed by atoms with Gasteiger partial charge < -0.3 is 15.2 Å². The van der Waals surface area contributed by atoms with Gasteiger partial charge in [0.1, 0.15) is 12.4 Å². The minimum atomic E-state index is -4.52. The van der Waals surface area contributed by atoms with Gasteiger partial charge in [-0.15, -0.1) is 0 Å². The van der Waals surface area contributed by atoms with Crippen LogP contribution >= 0.6 is 0 Å². The summed E-state index contributed by atoms with van der Waals surface area (Å²) in [5, 5.41) is 30.4. The Morgan fingerprint density at radius 3 is 2.34 bits per heavy atom. The number of aliphatic hydroxyl groups is 1. The molecular formula is C20H16F3N3O3. The van der Waals surface area contributed by atoms with Gasteiger partial charge in [-0.2, -0.15) is 23.7 Å². The predicted molar refractivity (Wildman–Crippen MR) is 96.8 cm³/mol. The molecule has 0 spiro atoms. The van der Waals surface area contributed by atoms with Crippen molar-refractivity contribution in [3.05, 3.63) is 59.2 Å². The fourth-order valence-corrected chi connectivity index (χ4v) is 2.32. The molecule has 150 valence electrons. The molecule has 0 bridgehead atoms. The van der Waals surface area contributed by atoms with Crippen LogP contribution in [0.15, 0.2) is 42.5 Å². The summed E-state index contributed by atoms with van der Waals surface area (Å²) in [6.45, 7) is 0.753. The molecule has 1 amide bonds. The van der Waals surface area contributed by atoms with E-state index in [-0.39, 0.29) is 16.8 Å². The average Bonchev–Trinajstić information content (AvgIpc) is 2.66. The van der Waals surface area contributed by atoms with E-state index in [1.54, 1.807) is 6.07 Å². The van der Waals surface area contributed by atoms with Gasteiger partial charge in [0.15, 0.2) is 5.60 Å².